The number of carbonyl (C=O) groups is 1. The molecule has 1 heterocycles. The first kappa shape index (κ1) is 17.7. The lowest BCUT2D eigenvalue weighted by Crippen LogP contribution is -2.40. The van der Waals surface area contributed by atoms with E-state index in [0.717, 1.165) is 48.5 Å². The van der Waals surface area contributed by atoms with Crippen LogP contribution in [0.15, 0.2) is 48.5 Å². The molecular formula is C22H26FNO. The molecule has 25 heavy (non-hydrogen) atoms. The summed E-state index contributed by atoms with van der Waals surface area (Å²) in [6.07, 6.45) is 2.69. The van der Waals surface area contributed by atoms with E-state index in [1.54, 1.807) is 12.1 Å². The van der Waals surface area contributed by atoms with Crippen LogP contribution in [0.25, 0.3) is 11.1 Å². The number of carbonyl (C=O) groups excluding carboxylic acids is 1. The number of benzene rings is 2. The van der Waals surface area contributed by atoms with E-state index in [2.05, 4.69) is 13.8 Å². The highest BCUT2D eigenvalue weighted by atomic mass is 19.1. The Bertz CT molecular complexity index is 698. The van der Waals surface area contributed by atoms with Gasteiger partial charge in [0.15, 0.2) is 0 Å². The van der Waals surface area contributed by atoms with E-state index in [-0.39, 0.29) is 11.7 Å². The molecule has 0 spiro atoms. The average Bonchev–Trinajstić information content (AvgIpc) is 2.63. The molecule has 1 aliphatic rings. The molecule has 0 N–H and O–H groups in total. The summed E-state index contributed by atoms with van der Waals surface area (Å²) in [7, 11) is 0. The van der Waals surface area contributed by atoms with Gasteiger partial charge in [-0.05, 0) is 53.5 Å². The topological polar surface area (TPSA) is 20.3 Å². The van der Waals surface area contributed by atoms with Gasteiger partial charge in [-0.25, -0.2) is 4.39 Å². The lowest BCUT2D eigenvalue weighted by atomic mass is 9.86. The van der Waals surface area contributed by atoms with Gasteiger partial charge in [0.1, 0.15) is 5.82 Å². The van der Waals surface area contributed by atoms with Crippen molar-refractivity contribution in [3.63, 3.8) is 0 Å². The maximum Gasteiger partial charge on any atom is 0.226 e. The number of likely N-dealkylation sites (tertiary alicyclic amines) is 1. The largest absolute Gasteiger partial charge is 0.342 e. The number of piperidine rings is 1. The second-order valence-corrected chi connectivity index (χ2v) is 7.34. The maximum absolute atomic E-state index is 13.0. The quantitative estimate of drug-likeness (QED) is 0.773. The molecule has 1 amide bonds. The molecular weight excluding hydrogens is 313 g/mol. The molecule has 0 saturated carbocycles. The first-order valence-corrected chi connectivity index (χ1v) is 9.15. The third-order valence-electron chi connectivity index (χ3n) is 5.32. The second-order valence-electron chi connectivity index (χ2n) is 7.34. The van der Waals surface area contributed by atoms with Gasteiger partial charge >= 0.3 is 0 Å². The molecule has 0 atom stereocenters. The number of hydrogen-bond acceptors (Lipinski definition) is 1. The van der Waals surface area contributed by atoms with E-state index >= 15 is 0 Å². The van der Waals surface area contributed by atoms with Crippen molar-refractivity contribution in [2.24, 2.45) is 11.8 Å². The summed E-state index contributed by atoms with van der Waals surface area (Å²) in [6.45, 7) is 6.31. The van der Waals surface area contributed by atoms with Gasteiger partial charge in [-0.15, -0.1) is 0 Å². The molecule has 1 aliphatic heterocycles. The Morgan fingerprint density at radius 2 is 1.52 bits per heavy atom. The van der Waals surface area contributed by atoms with Crippen LogP contribution < -0.4 is 0 Å². The maximum atomic E-state index is 13.0. The number of hydrogen-bond donors (Lipinski definition) is 0. The van der Waals surface area contributed by atoms with Gasteiger partial charge in [-0.2, -0.15) is 0 Å². The molecule has 0 aliphatic carbocycles. The van der Waals surface area contributed by atoms with Crippen molar-refractivity contribution in [2.45, 2.75) is 33.1 Å². The minimum absolute atomic E-state index is 0.219. The van der Waals surface area contributed by atoms with Gasteiger partial charge in [0.2, 0.25) is 5.91 Å². The van der Waals surface area contributed by atoms with Gasteiger partial charge in [0, 0.05) is 13.1 Å². The van der Waals surface area contributed by atoms with Crippen molar-refractivity contribution in [1.29, 1.82) is 0 Å². The number of nitrogens with zero attached hydrogens (tertiary/aromatic N) is 1. The van der Waals surface area contributed by atoms with Gasteiger partial charge in [-0.1, -0.05) is 50.2 Å². The Labute approximate surface area is 149 Å². The lowest BCUT2D eigenvalue weighted by Gasteiger charge is -2.34. The zero-order valence-electron chi connectivity index (χ0n) is 15.0. The van der Waals surface area contributed by atoms with Crippen LogP contribution in [0.5, 0.6) is 0 Å². The SMILES string of the molecule is CC(C)C1CCN(C(=O)Cc2ccc(-c3ccc(F)cc3)cc2)CC1. The standard InChI is InChI=1S/C22H26FNO/c1-16(2)18-11-13-24(14-12-18)22(25)15-17-3-5-19(6-4-17)20-7-9-21(23)10-8-20/h3-10,16,18H,11-15H2,1-2H3. The van der Waals surface area contributed by atoms with Crippen LogP contribution in [0.1, 0.15) is 32.3 Å². The lowest BCUT2D eigenvalue weighted by molar-refractivity contribution is -0.132. The molecule has 3 heteroatoms. The van der Waals surface area contributed by atoms with Crippen molar-refractivity contribution in [3.05, 3.63) is 59.9 Å². The Morgan fingerprint density at radius 1 is 1.00 bits per heavy atom. The van der Waals surface area contributed by atoms with Crippen LogP contribution in [0.2, 0.25) is 0 Å². The van der Waals surface area contributed by atoms with Crippen LogP contribution in [0.3, 0.4) is 0 Å². The zero-order chi connectivity index (χ0) is 17.8. The molecule has 2 aromatic carbocycles. The summed E-state index contributed by atoms with van der Waals surface area (Å²) >= 11 is 0. The number of halogens is 1. The highest BCUT2D eigenvalue weighted by molar-refractivity contribution is 5.79. The van der Waals surface area contributed by atoms with Gasteiger partial charge < -0.3 is 4.90 Å². The predicted molar refractivity (Wildman–Crippen MR) is 99.7 cm³/mol. The third kappa shape index (κ3) is 4.47. The van der Waals surface area contributed by atoms with Gasteiger partial charge in [0.05, 0.1) is 6.42 Å². The van der Waals surface area contributed by atoms with Crippen LogP contribution in [-0.2, 0) is 11.2 Å². The molecule has 1 saturated heterocycles. The van der Waals surface area contributed by atoms with Crippen molar-refractivity contribution in [3.8, 4) is 11.1 Å². The molecule has 1 fully saturated rings. The Morgan fingerprint density at radius 3 is 2.04 bits per heavy atom. The molecule has 0 unspecified atom stereocenters. The fourth-order valence-electron chi connectivity index (χ4n) is 3.56. The minimum Gasteiger partial charge on any atom is -0.342 e. The van der Waals surface area contributed by atoms with Crippen molar-refractivity contribution >= 4 is 5.91 Å². The predicted octanol–water partition coefficient (Wildman–Crippen LogP) is 4.93. The van der Waals surface area contributed by atoms with Crippen molar-refractivity contribution in [1.82, 2.24) is 4.90 Å². The first-order chi connectivity index (χ1) is 12.0. The van der Waals surface area contributed by atoms with E-state index in [1.165, 1.54) is 12.1 Å². The fraction of sp³-hybridized carbons (Fsp3) is 0.409. The summed E-state index contributed by atoms with van der Waals surface area (Å²) in [4.78, 5) is 14.5. The van der Waals surface area contributed by atoms with Gasteiger partial charge in [-0.3, -0.25) is 4.79 Å². The Kier molecular flexibility index (Phi) is 5.52. The first-order valence-electron chi connectivity index (χ1n) is 9.15. The fourth-order valence-corrected chi connectivity index (χ4v) is 3.56. The van der Waals surface area contributed by atoms with Crippen LogP contribution >= 0.6 is 0 Å². The van der Waals surface area contributed by atoms with E-state index in [9.17, 15) is 9.18 Å². The van der Waals surface area contributed by atoms with Crippen LogP contribution in [-0.4, -0.2) is 23.9 Å². The number of rotatable bonds is 4. The Balaban J connectivity index is 1.58. The monoisotopic (exact) mass is 339 g/mol. The van der Waals surface area contributed by atoms with E-state index in [1.807, 2.05) is 29.2 Å². The molecule has 0 radical (unpaired) electrons. The molecule has 132 valence electrons. The molecule has 0 bridgehead atoms. The summed E-state index contributed by atoms with van der Waals surface area (Å²) in [6, 6.07) is 14.5. The summed E-state index contributed by atoms with van der Waals surface area (Å²) in [5.41, 5.74) is 3.05. The van der Waals surface area contributed by atoms with Crippen LogP contribution in [0, 0.1) is 17.7 Å². The summed E-state index contributed by atoms with van der Waals surface area (Å²) in [5, 5.41) is 0. The summed E-state index contributed by atoms with van der Waals surface area (Å²) in [5.74, 6) is 1.44. The molecule has 0 aromatic heterocycles. The third-order valence-corrected chi connectivity index (χ3v) is 5.32. The van der Waals surface area contributed by atoms with E-state index in [4.69, 9.17) is 0 Å². The minimum atomic E-state index is -0.229. The molecule has 2 aromatic rings. The normalized spacial score (nSPS) is 15.6. The van der Waals surface area contributed by atoms with Crippen LogP contribution in [0.4, 0.5) is 4.39 Å². The summed E-state index contributed by atoms with van der Waals surface area (Å²) < 4.78 is 13.0. The highest BCUT2D eigenvalue weighted by Crippen LogP contribution is 2.25. The highest BCUT2D eigenvalue weighted by Gasteiger charge is 2.24. The van der Waals surface area contributed by atoms with Crippen molar-refractivity contribution in [2.75, 3.05) is 13.1 Å². The van der Waals surface area contributed by atoms with E-state index < -0.39 is 0 Å². The van der Waals surface area contributed by atoms with Gasteiger partial charge in [0.25, 0.3) is 0 Å². The number of amides is 1. The Hall–Kier alpha value is -2.16. The van der Waals surface area contributed by atoms with Crippen molar-refractivity contribution < 1.29 is 9.18 Å². The molecule has 2 nitrogen and oxygen atoms in total. The second kappa shape index (κ2) is 7.81. The van der Waals surface area contributed by atoms with E-state index in [0.29, 0.717) is 12.3 Å². The zero-order valence-corrected chi connectivity index (χ0v) is 15.0. The smallest absolute Gasteiger partial charge is 0.226 e. The molecule has 3 rings (SSSR count). The average molecular weight is 339 g/mol.